The lowest BCUT2D eigenvalue weighted by Crippen LogP contribution is -2.59. The molecule has 12 heteroatoms. The Morgan fingerprint density at radius 1 is 0.784 bits per heavy atom. The van der Waals surface area contributed by atoms with E-state index in [0.717, 1.165) is 0 Å². The average molecular weight is 517 g/mol. The molecule has 0 saturated heterocycles. The summed E-state index contributed by atoms with van der Waals surface area (Å²) < 4.78 is 0. The molecule has 37 heavy (non-hydrogen) atoms. The van der Waals surface area contributed by atoms with E-state index < -0.39 is 60.6 Å². The van der Waals surface area contributed by atoms with Crippen molar-refractivity contribution in [1.82, 2.24) is 16.0 Å². The second-order valence-electron chi connectivity index (χ2n) is 8.53. The summed E-state index contributed by atoms with van der Waals surface area (Å²) in [6, 6.07) is 9.14. The van der Waals surface area contributed by atoms with Crippen LogP contribution in [0.3, 0.4) is 0 Å². The smallest absolute Gasteiger partial charge is 0.328 e. The third-order valence-electron chi connectivity index (χ3n) is 5.54. The molecule has 0 fully saturated rings. The number of hydrogen-bond acceptors (Lipinski definition) is 8. The summed E-state index contributed by atoms with van der Waals surface area (Å²) in [6.45, 7) is 0.462. The number of carboxylic acid groups (broad SMARTS) is 1. The number of rotatable bonds is 13. The fourth-order valence-electron chi connectivity index (χ4n) is 3.35. The van der Waals surface area contributed by atoms with Gasteiger partial charge in [-0.15, -0.1) is 0 Å². The van der Waals surface area contributed by atoms with Gasteiger partial charge in [0.15, 0.2) is 0 Å². The molecule has 2 aromatic carbocycles. The van der Waals surface area contributed by atoms with E-state index in [1.807, 2.05) is 0 Å². The highest BCUT2D eigenvalue weighted by Crippen LogP contribution is 2.12. The van der Waals surface area contributed by atoms with Gasteiger partial charge in [-0.25, -0.2) is 4.79 Å². The average Bonchev–Trinajstić information content (AvgIpc) is 2.87. The third-order valence-corrected chi connectivity index (χ3v) is 5.54. The lowest BCUT2D eigenvalue weighted by atomic mass is 10.0. The summed E-state index contributed by atoms with van der Waals surface area (Å²) in [5, 5.41) is 44.9. The first kappa shape index (κ1) is 29.2. The van der Waals surface area contributed by atoms with Crippen molar-refractivity contribution >= 4 is 23.7 Å². The van der Waals surface area contributed by atoms with Crippen molar-refractivity contribution in [2.75, 3.05) is 6.61 Å². The van der Waals surface area contributed by atoms with Gasteiger partial charge in [-0.3, -0.25) is 14.4 Å². The highest BCUT2D eigenvalue weighted by atomic mass is 16.4. The predicted molar refractivity (Wildman–Crippen MR) is 132 cm³/mol. The summed E-state index contributed by atoms with van der Waals surface area (Å²) in [6.07, 6.45) is -1.25. The fraction of sp³-hybridized carbons (Fsp3) is 0.360. The molecule has 0 spiro atoms. The zero-order valence-electron chi connectivity index (χ0n) is 20.2. The van der Waals surface area contributed by atoms with E-state index in [2.05, 4.69) is 16.0 Å². The second kappa shape index (κ2) is 13.9. The summed E-state index contributed by atoms with van der Waals surface area (Å²) in [4.78, 5) is 50.0. The SMILES string of the molecule is CC(O)C(N)C(=O)NC(Cc1ccc(O)cc1)C(=O)NC(Cc1ccccc1)C(=O)NC(CO)C(=O)O. The predicted octanol–water partition coefficient (Wildman–Crippen LogP) is -1.58. The number of aliphatic hydroxyl groups excluding tert-OH is 2. The molecule has 0 saturated carbocycles. The molecule has 5 unspecified atom stereocenters. The minimum atomic E-state index is -1.58. The Bertz CT molecular complexity index is 1060. The number of hydrogen-bond donors (Lipinski definition) is 8. The monoisotopic (exact) mass is 516 g/mol. The first-order valence-corrected chi connectivity index (χ1v) is 11.5. The molecule has 200 valence electrons. The van der Waals surface area contributed by atoms with Crippen LogP contribution in [0.4, 0.5) is 0 Å². The van der Waals surface area contributed by atoms with Crippen LogP contribution in [0.5, 0.6) is 5.75 Å². The van der Waals surface area contributed by atoms with Crippen LogP contribution in [0, 0.1) is 0 Å². The van der Waals surface area contributed by atoms with Crippen LogP contribution < -0.4 is 21.7 Å². The van der Waals surface area contributed by atoms with Crippen molar-refractivity contribution in [3.8, 4) is 5.75 Å². The van der Waals surface area contributed by atoms with Gasteiger partial charge in [0.05, 0.1) is 12.7 Å². The molecule has 0 bridgehead atoms. The normalized spacial score (nSPS) is 14.9. The maximum absolute atomic E-state index is 13.3. The van der Waals surface area contributed by atoms with E-state index in [1.165, 1.54) is 19.1 Å². The number of phenolic OH excluding ortho intramolecular Hbond substituents is 1. The van der Waals surface area contributed by atoms with Crippen molar-refractivity contribution in [3.05, 3.63) is 65.7 Å². The largest absolute Gasteiger partial charge is 0.508 e. The van der Waals surface area contributed by atoms with Gasteiger partial charge < -0.3 is 42.1 Å². The molecular formula is C25H32N4O8. The van der Waals surface area contributed by atoms with Crippen molar-refractivity contribution < 1.29 is 39.6 Å². The molecule has 0 aliphatic heterocycles. The summed E-state index contributed by atoms with van der Waals surface area (Å²) in [7, 11) is 0. The maximum Gasteiger partial charge on any atom is 0.328 e. The Labute approximate surface area is 213 Å². The van der Waals surface area contributed by atoms with E-state index >= 15 is 0 Å². The molecule has 0 radical (unpaired) electrons. The first-order chi connectivity index (χ1) is 17.5. The molecule has 0 aromatic heterocycles. The van der Waals surface area contributed by atoms with Crippen molar-refractivity contribution in [1.29, 1.82) is 0 Å². The topological polar surface area (TPSA) is 211 Å². The number of amides is 3. The number of aromatic hydroxyl groups is 1. The minimum absolute atomic E-state index is 0.00128. The van der Waals surface area contributed by atoms with E-state index in [4.69, 9.17) is 5.73 Å². The first-order valence-electron chi connectivity index (χ1n) is 11.5. The Morgan fingerprint density at radius 2 is 1.24 bits per heavy atom. The quantitative estimate of drug-likeness (QED) is 0.154. The molecule has 12 nitrogen and oxygen atoms in total. The summed E-state index contributed by atoms with van der Waals surface area (Å²) in [5.41, 5.74) is 6.93. The van der Waals surface area contributed by atoms with Crippen LogP contribution in [0.1, 0.15) is 18.1 Å². The minimum Gasteiger partial charge on any atom is -0.508 e. The highest BCUT2D eigenvalue weighted by molar-refractivity contribution is 5.94. The van der Waals surface area contributed by atoms with Gasteiger partial charge in [0.2, 0.25) is 17.7 Å². The van der Waals surface area contributed by atoms with Crippen LogP contribution in [-0.4, -0.2) is 81.0 Å². The number of carbonyl (C=O) groups excluding carboxylic acids is 3. The second-order valence-corrected chi connectivity index (χ2v) is 8.53. The number of carboxylic acids is 1. The van der Waals surface area contributed by atoms with Crippen molar-refractivity contribution in [3.63, 3.8) is 0 Å². The van der Waals surface area contributed by atoms with Crippen LogP contribution >= 0.6 is 0 Å². The van der Waals surface area contributed by atoms with E-state index in [-0.39, 0.29) is 18.6 Å². The van der Waals surface area contributed by atoms with Gasteiger partial charge in [0, 0.05) is 12.8 Å². The van der Waals surface area contributed by atoms with Crippen LogP contribution in [0.15, 0.2) is 54.6 Å². The lowest BCUT2D eigenvalue weighted by molar-refractivity contribution is -0.143. The van der Waals surface area contributed by atoms with Gasteiger partial charge in [-0.1, -0.05) is 42.5 Å². The van der Waals surface area contributed by atoms with Gasteiger partial charge >= 0.3 is 5.97 Å². The maximum atomic E-state index is 13.3. The Morgan fingerprint density at radius 3 is 1.70 bits per heavy atom. The number of benzene rings is 2. The number of aliphatic carboxylic acids is 1. The number of nitrogens with one attached hydrogen (secondary N) is 3. The number of carbonyl (C=O) groups is 4. The standard InChI is InChI=1S/C25H32N4O8/c1-14(31)21(26)24(35)28-19(12-16-7-9-17(32)10-8-16)22(33)27-18(11-15-5-3-2-4-6-15)23(34)29-20(13-30)25(36)37/h2-10,14,18-21,30-32H,11-13,26H2,1H3,(H,27,33)(H,28,35)(H,29,34)(H,36,37). The fourth-order valence-corrected chi connectivity index (χ4v) is 3.35. The zero-order chi connectivity index (χ0) is 27.5. The Kier molecular flexibility index (Phi) is 11.0. The molecule has 9 N–H and O–H groups in total. The Hall–Kier alpha value is -4.00. The number of aliphatic hydroxyl groups is 2. The molecule has 3 amide bonds. The molecule has 0 aliphatic carbocycles. The molecular weight excluding hydrogens is 484 g/mol. The highest BCUT2D eigenvalue weighted by Gasteiger charge is 2.31. The molecule has 2 rings (SSSR count). The summed E-state index contributed by atoms with van der Waals surface area (Å²) in [5.74, 6) is -3.88. The lowest BCUT2D eigenvalue weighted by Gasteiger charge is -2.25. The Balaban J connectivity index is 2.30. The van der Waals surface area contributed by atoms with Gasteiger partial charge in [-0.2, -0.15) is 0 Å². The van der Waals surface area contributed by atoms with E-state index in [1.54, 1.807) is 42.5 Å². The summed E-state index contributed by atoms with van der Waals surface area (Å²) >= 11 is 0. The molecule has 0 heterocycles. The van der Waals surface area contributed by atoms with Crippen LogP contribution in [-0.2, 0) is 32.0 Å². The van der Waals surface area contributed by atoms with Gasteiger partial charge in [0.1, 0.15) is 29.9 Å². The van der Waals surface area contributed by atoms with Gasteiger partial charge in [-0.05, 0) is 30.2 Å². The number of nitrogens with two attached hydrogens (primary N) is 1. The van der Waals surface area contributed by atoms with Gasteiger partial charge in [0.25, 0.3) is 0 Å². The van der Waals surface area contributed by atoms with E-state index in [9.17, 15) is 39.6 Å². The molecule has 0 aliphatic rings. The van der Waals surface area contributed by atoms with Crippen molar-refractivity contribution in [2.24, 2.45) is 5.73 Å². The number of phenols is 1. The van der Waals surface area contributed by atoms with Crippen LogP contribution in [0.25, 0.3) is 0 Å². The third kappa shape index (κ3) is 9.18. The molecule has 2 aromatic rings. The van der Waals surface area contributed by atoms with Crippen LogP contribution in [0.2, 0.25) is 0 Å². The van der Waals surface area contributed by atoms with E-state index in [0.29, 0.717) is 11.1 Å². The molecule has 5 atom stereocenters. The van der Waals surface area contributed by atoms with Crippen molar-refractivity contribution in [2.45, 2.75) is 50.0 Å². The zero-order valence-corrected chi connectivity index (χ0v) is 20.2.